The fraction of sp³-hybridized carbons (Fsp3) is 0. The molecule has 0 radical (unpaired) electrons. The van der Waals surface area contributed by atoms with Crippen molar-refractivity contribution in [2.75, 3.05) is 0 Å². The van der Waals surface area contributed by atoms with Crippen molar-refractivity contribution in [3.05, 3.63) is 42.5 Å². The molecule has 3 nitrogen and oxygen atoms in total. The van der Waals surface area contributed by atoms with Crippen LogP contribution in [0.25, 0.3) is 10.8 Å². The molecule has 0 spiro atoms. The molecule has 0 atom stereocenters. The summed E-state index contributed by atoms with van der Waals surface area (Å²) >= 11 is 0. The number of fused-ring (bicyclic) bond motifs is 1. The first-order valence-corrected chi connectivity index (χ1v) is 5.55. The van der Waals surface area contributed by atoms with Gasteiger partial charge in [-0.25, -0.2) is 0 Å². The third kappa shape index (κ3) is 1.49. The summed E-state index contributed by atoms with van der Waals surface area (Å²) in [6.07, 6.45) is 0. The van der Waals surface area contributed by atoms with E-state index in [4.69, 9.17) is 4.55 Å². The van der Waals surface area contributed by atoms with Gasteiger partial charge in [0.1, 0.15) is 0 Å². The second-order valence-corrected chi connectivity index (χ2v) is 4.43. The van der Waals surface area contributed by atoms with Crippen molar-refractivity contribution in [1.82, 2.24) is 0 Å². The van der Waals surface area contributed by atoms with Gasteiger partial charge in [0.15, 0.2) is 4.90 Å². The van der Waals surface area contributed by atoms with Gasteiger partial charge in [0.25, 0.3) is 0 Å². The van der Waals surface area contributed by atoms with Gasteiger partial charge >= 0.3 is 10.1 Å². The van der Waals surface area contributed by atoms with Crippen molar-refractivity contribution in [3.8, 4) is 0 Å². The fourth-order valence-corrected chi connectivity index (χ4v) is 2.16. The zero-order valence-electron chi connectivity index (χ0n) is 7.27. The second-order valence-electron chi connectivity index (χ2n) is 2.98. The molecule has 0 amide bonds. The molecule has 2 aromatic rings. The van der Waals surface area contributed by atoms with E-state index in [1.165, 1.54) is 6.07 Å². The highest BCUT2D eigenvalue weighted by Crippen LogP contribution is 2.21. The zero-order valence-corrected chi connectivity index (χ0v) is 8.08. The van der Waals surface area contributed by atoms with Crippen LogP contribution in [0.15, 0.2) is 47.4 Å². The molecule has 0 aromatic heterocycles. The van der Waals surface area contributed by atoms with Crippen molar-refractivity contribution >= 4 is 20.9 Å². The molecule has 0 fully saturated rings. The third-order valence-electron chi connectivity index (χ3n) is 2.04. The Morgan fingerprint density at radius 3 is 2.29 bits per heavy atom. The van der Waals surface area contributed by atoms with Crippen molar-refractivity contribution in [2.24, 2.45) is 0 Å². The minimum Gasteiger partial charge on any atom is -0.329 e. The van der Waals surface area contributed by atoms with Gasteiger partial charge in [-0.1, -0.05) is 36.4 Å². The lowest BCUT2D eigenvalue weighted by Gasteiger charge is -1.99. The molecule has 0 aliphatic rings. The first-order chi connectivity index (χ1) is 6.59. The Bertz CT molecular complexity index is 567. The molecule has 2 rings (SSSR count). The van der Waals surface area contributed by atoms with Crippen LogP contribution in [-0.4, -0.2) is 13.0 Å². The molecule has 2 aromatic carbocycles. The summed E-state index contributed by atoms with van der Waals surface area (Å²) in [5, 5.41) is 1.44. The minimum atomic E-state index is -3.88. The Labute approximate surface area is 81.7 Å². The van der Waals surface area contributed by atoms with Gasteiger partial charge in [-0.05, 0) is 11.5 Å². The lowest BCUT2D eigenvalue weighted by molar-refractivity contribution is 0.484. The number of hydrogen-bond acceptors (Lipinski definition) is 2. The van der Waals surface area contributed by atoms with Crippen molar-refractivity contribution in [1.29, 1.82) is 0 Å². The summed E-state index contributed by atoms with van der Waals surface area (Å²) in [5.41, 5.74) is 0. The molecular weight excluding hydrogens is 200 g/mol. The summed E-state index contributed by atoms with van der Waals surface area (Å²) in [5.74, 6) is 0. The van der Waals surface area contributed by atoms with E-state index >= 15 is 0 Å². The molecule has 0 saturated heterocycles. The van der Waals surface area contributed by atoms with E-state index in [9.17, 15) is 8.42 Å². The SMILES string of the molecule is O=S(=O)([OH2+])c1cccc2ccccc12. The predicted molar refractivity (Wildman–Crippen MR) is 54.7 cm³/mol. The average molecular weight is 209 g/mol. The van der Waals surface area contributed by atoms with E-state index in [2.05, 4.69) is 0 Å². The maximum atomic E-state index is 11.1. The maximum absolute atomic E-state index is 11.1. The van der Waals surface area contributed by atoms with Crippen LogP contribution in [0.5, 0.6) is 0 Å². The van der Waals surface area contributed by atoms with Gasteiger partial charge in [-0.3, -0.25) is 0 Å². The van der Waals surface area contributed by atoms with Gasteiger partial charge < -0.3 is 4.55 Å². The molecule has 0 heterocycles. The highest BCUT2D eigenvalue weighted by atomic mass is 32.2. The summed E-state index contributed by atoms with van der Waals surface area (Å²) < 4.78 is 29.3. The molecule has 0 bridgehead atoms. The minimum absolute atomic E-state index is 0.0654. The smallest absolute Gasteiger partial charge is 0.329 e. The average Bonchev–Trinajstić information content (AvgIpc) is 2.15. The van der Waals surface area contributed by atoms with Crippen LogP contribution in [0.1, 0.15) is 0 Å². The van der Waals surface area contributed by atoms with Crippen molar-refractivity contribution in [3.63, 3.8) is 0 Å². The van der Waals surface area contributed by atoms with E-state index in [-0.39, 0.29) is 4.90 Å². The Hall–Kier alpha value is -1.39. The van der Waals surface area contributed by atoms with Crippen LogP contribution in [0.2, 0.25) is 0 Å². The van der Waals surface area contributed by atoms with Gasteiger partial charge in [0, 0.05) is 5.39 Å². The Morgan fingerprint density at radius 2 is 1.57 bits per heavy atom. The summed E-state index contributed by atoms with van der Waals surface area (Å²) in [4.78, 5) is 0.0654. The Morgan fingerprint density at radius 1 is 0.929 bits per heavy atom. The van der Waals surface area contributed by atoms with Gasteiger partial charge in [-0.15, -0.1) is 8.42 Å². The first-order valence-electron chi connectivity index (χ1n) is 4.06. The van der Waals surface area contributed by atoms with Gasteiger partial charge in [-0.2, -0.15) is 0 Å². The summed E-state index contributed by atoms with van der Waals surface area (Å²) in [6, 6.07) is 12.0. The van der Waals surface area contributed by atoms with Crippen LogP contribution in [-0.2, 0) is 10.1 Å². The highest BCUT2D eigenvalue weighted by molar-refractivity contribution is 7.86. The third-order valence-corrected chi connectivity index (χ3v) is 2.97. The van der Waals surface area contributed by atoms with E-state index in [0.29, 0.717) is 5.39 Å². The number of rotatable bonds is 1. The number of hydrogen-bond donors (Lipinski definition) is 0. The van der Waals surface area contributed by atoms with Gasteiger partial charge in [0.2, 0.25) is 0 Å². The van der Waals surface area contributed by atoms with Crippen LogP contribution >= 0.6 is 0 Å². The molecule has 0 aliphatic heterocycles. The standard InChI is InChI=1S/C10H8O3S/c11-14(12,13)10-7-3-5-8-4-1-2-6-9(8)10/h1-7H,(H,11,12,13)/p+1. The van der Waals surface area contributed by atoms with Crippen LogP contribution in [0.3, 0.4) is 0 Å². The molecule has 0 unspecified atom stereocenters. The van der Waals surface area contributed by atoms with Crippen LogP contribution in [0, 0.1) is 0 Å². The lowest BCUT2D eigenvalue weighted by Crippen LogP contribution is -1.98. The molecular formula is C10H9O3S+. The van der Waals surface area contributed by atoms with E-state index < -0.39 is 10.1 Å². The molecule has 2 N–H and O–H groups in total. The van der Waals surface area contributed by atoms with E-state index in [0.717, 1.165) is 5.39 Å². The zero-order chi connectivity index (χ0) is 10.2. The summed E-state index contributed by atoms with van der Waals surface area (Å²) in [6.45, 7) is 0. The van der Waals surface area contributed by atoms with Gasteiger partial charge in [0.05, 0.1) is 0 Å². The normalized spacial score (nSPS) is 11.8. The highest BCUT2D eigenvalue weighted by Gasteiger charge is 2.17. The second kappa shape index (κ2) is 3.08. The number of benzene rings is 2. The van der Waals surface area contributed by atoms with Crippen molar-refractivity contribution in [2.45, 2.75) is 4.90 Å². The predicted octanol–water partition coefficient (Wildman–Crippen LogP) is 1.25. The quantitative estimate of drug-likeness (QED) is 0.664. The molecule has 72 valence electrons. The Kier molecular flexibility index (Phi) is 2.02. The monoisotopic (exact) mass is 209 g/mol. The largest absolute Gasteiger partial charge is 0.409 e. The molecule has 4 heteroatoms. The van der Waals surface area contributed by atoms with E-state index in [1.54, 1.807) is 18.2 Å². The van der Waals surface area contributed by atoms with Crippen LogP contribution < -0.4 is 0 Å². The topological polar surface area (TPSA) is 57.0 Å². The summed E-state index contributed by atoms with van der Waals surface area (Å²) in [7, 11) is -3.88. The van der Waals surface area contributed by atoms with Crippen molar-refractivity contribution < 1.29 is 13.0 Å². The Balaban J connectivity index is 2.92. The van der Waals surface area contributed by atoms with Crippen LogP contribution in [0.4, 0.5) is 0 Å². The lowest BCUT2D eigenvalue weighted by atomic mass is 10.1. The molecule has 14 heavy (non-hydrogen) atoms. The maximum Gasteiger partial charge on any atom is 0.409 e. The first kappa shape index (κ1) is 9.18. The molecule has 0 aliphatic carbocycles. The van der Waals surface area contributed by atoms with E-state index in [1.807, 2.05) is 18.2 Å². The molecule has 0 saturated carbocycles. The fourth-order valence-electron chi connectivity index (χ4n) is 1.43.